The Kier molecular flexibility index (Phi) is 98.6. The molecule has 0 aromatic carbocycles. The van der Waals surface area contributed by atoms with Gasteiger partial charge in [0.05, 0.1) is 0 Å². The standard InChI is InChI=1S/8Cu.4O4Si/c;;;;;;;;4*1-5(2,3)4/q8*+2;4*-4. The second-order valence-electron chi connectivity index (χ2n) is 2.00. The predicted molar refractivity (Wildman–Crippen MR) is 23.0 cm³/mol. The number of rotatable bonds is 0. The molecule has 0 N–H and O–H groups in total. The summed E-state index contributed by atoms with van der Waals surface area (Å²) in [7, 11) is -22.4. The molecule has 8 radical (unpaired) electrons. The SMILES string of the molecule is [Cu+2].[Cu+2].[Cu+2].[Cu+2].[Cu+2].[Cu+2].[Cu+2].[Cu+2].[O-][Si]([O-])([O-])[O-].[O-][Si]([O-])([O-])[O-].[O-][Si]([O-])([O-])[O-].[O-][Si]([O-])([O-])[O-]. The average molecular weight is 877 g/mol. The van der Waals surface area contributed by atoms with Crippen LogP contribution in [0.4, 0.5) is 0 Å². The molecule has 0 aliphatic heterocycles. The first kappa shape index (κ1) is 76.8. The van der Waals surface area contributed by atoms with Crippen LogP contribution in [0, 0.1) is 0 Å². The quantitative estimate of drug-likeness (QED) is 0.204. The van der Waals surface area contributed by atoms with Crippen LogP contribution < -0.4 is 76.7 Å². The van der Waals surface area contributed by atoms with E-state index < -0.39 is 36.2 Å². The Balaban J connectivity index is -0.0000000111. The monoisotopic (exact) mass is 871 g/mol. The van der Waals surface area contributed by atoms with Gasteiger partial charge in [-0.2, -0.15) is 0 Å². The van der Waals surface area contributed by atoms with Crippen LogP contribution in [-0.4, -0.2) is 36.2 Å². The molecular formula is Cu8O16Si4. The van der Waals surface area contributed by atoms with Crippen LogP contribution in [0.2, 0.25) is 0 Å². The molecule has 16 nitrogen and oxygen atoms in total. The third-order valence-corrected chi connectivity index (χ3v) is 0. The number of hydrogen-bond donors (Lipinski definition) is 0. The Morgan fingerprint density at radius 3 is 0.179 bits per heavy atom. The van der Waals surface area contributed by atoms with E-state index in [2.05, 4.69) is 0 Å². The van der Waals surface area contributed by atoms with Crippen molar-refractivity contribution in [2.24, 2.45) is 0 Å². The van der Waals surface area contributed by atoms with Crippen molar-refractivity contribution < 1.29 is 213 Å². The summed E-state index contributed by atoms with van der Waals surface area (Å²) in [4.78, 5) is 137. The summed E-state index contributed by atoms with van der Waals surface area (Å²) >= 11 is 0. The van der Waals surface area contributed by atoms with Gasteiger partial charge in [0.25, 0.3) is 0 Å². The maximum absolute atomic E-state index is 8.58. The van der Waals surface area contributed by atoms with Crippen LogP contribution in [-0.2, 0) is 137 Å². The molecule has 0 heterocycles. The van der Waals surface area contributed by atoms with Gasteiger partial charge in [0.1, 0.15) is 0 Å². The van der Waals surface area contributed by atoms with Gasteiger partial charge in [0.15, 0.2) is 0 Å². The molecule has 0 saturated carbocycles. The molecule has 0 aliphatic carbocycles. The normalized spacial score (nSPS) is 8.57. The van der Waals surface area contributed by atoms with Gasteiger partial charge in [-0.05, 0) is 0 Å². The molecular weight excluding hydrogens is 877 g/mol. The first-order valence-corrected chi connectivity index (χ1v) is 9.80. The topological polar surface area (TPSA) is 369 Å². The summed E-state index contributed by atoms with van der Waals surface area (Å²) in [5.74, 6) is 0. The van der Waals surface area contributed by atoms with Crippen LogP contribution in [0.3, 0.4) is 0 Å². The molecule has 0 rings (SSSR count). The second-order valence-corrected chi connectivity index (χ2v) is 6.00. The average Bonchev–Trinajstić information content (AvgIpc) is 1.62. The summed E-state index contributed by atoms with van der Waals surface area (Å²) in [5.41, 5.74) is 0. The third-order valence-electron chi connectivity index (χ3n) is 0. The van der Waals surface area contributed by atoms with Crippen molar-refractivity contribution in [3.05, 3.63) is 0 Å². The minimum Gasteiger partial charge on any atom is -0.894 e. The van der Waals surface area contributed by atoms with Crippen molar-refractivity contribution in [2.45, 2.75) is 0 Å². The molecule has 0 aromatic rings. The molecule has 0 spiro atoms. The van der Waals surface area contributed by atoms with Gasteiger partial charge in [0, 0.05) is 0 Å². The van der Waals surface area contributed by atoms with Gasteiger partial charge in [-0.3, -0.25) is 0 Å². The van der Waals surface area contributed by atoms with E-state index in [-0.39, 0.29) is 137 Å². The van der Waals surface area contributed by atoms with Crippen molar-refractivity contribution in [3.63, 3.8) is 0 Å². The minimum absolute atomic E-state index is 0. The molecule has 200 valence electrons. The van der Waals surface area contributed by atoms with E-state index in [1.165, 1.54) is 0 Å². The van der Waals surface area contributed by atoms with E-state index in [0.29, 0.717) is 0 Å². The van der Waals surface area contributed by atoms with E-state index in [9.17, 15) is 0 Å². The van der Waals surface area contributed by atoms with Gasteiger partial charge >= 0.3 is 137 Å². The molecule has 0 fully saturated rings. The molecule has 0 atom stereocenters. The van der Waals surface area contributed by atoms with Crippen LogP contribution in [0.1, 0.15) is 0 Å². The maximum atomic E-state index is 8.58. The van der Waals surface area contributed by atoms with E-state index in [1.807, 2.05) is 0 Å². The van der Waals surface area contributed by atoms with E-state index in [1.54, 1.807) is 0 Å². The Hall–Kier alpha value is 4.38. The zero-order valence-electron chi connectivity index (χ0n) is 10.9. The van der Waals surface area contributed by atoms with Crippen LogP contribution in [0.25, 0.3) is 0 Å². The zero-order valence-corrected chi connectivity index (χ0v) is 22.5. The largest absolute Gasteiger partial charge is 2.00 e. The molecule has 0 amide bonds. The summed E-state index contributed by atoms with van der Waals surface area (Å²) in [6.45, 7) is 0. The molecule has 0 unspecified atom stereocenters. The van der Waals surface area contributed by atoms with Crippen molar-refractivity contribution in [1.29, 1.82) is 0 Å². The van der Waals surface area contributed by atoms with Gasteiger partial charge in [-0.15, -0.1) is 0 Å². The predicted octanol–water partition coefficient (Wildman–Crippen LogP) is -20.6. The maximum Gasteiger partial charge on any atom is 2.00 e. The van der Waals surface area contributed by atoms with Crippen LogP contribution >= 0.6 is 0 Å². The van der Waals surface area contributed by atoms with E-state index >= 15 is 0 Å². The minimum atomic E-state index is -5.61. The van der Waals surface area contributed by atoms with Crippen LogP contribution in [0.5, 0.6) is 0 Å². The van der Waals surface area contributed by atoms with Gasteiger partial charge in [0.2, 0.25) is 0 Å². The van der Waals surface area contributed by atoms with Gasteiger partial charge in [-0.1, -0.05) is 0 Å². The first-order chi connectivity index (χ1) is 8.00. The number of hydrogen-bond acceptors (Lipinski definition) is 16. The van der Waals surface area contributed by atoms with Crippen molar-refractivity contribution in [1.82, 2.24) is 0 Å². The Labute approximate surface area is 246 Å². The molecule has 0 aliphatic rings. The molecule has 0 aromatic heterocycles. The summed E-state index contributed by atoms with van der Waals surface area (Å²) in [6, 6.07) is 0. The van der Waals surface area contributed by atoms with Gasteiger partial charge < -0.3 is 113 Å². The summed E-state index contributed by atoms with van der Waals surface area (Å²) in [6.07, 6.45) is 0. The third kappa shape index (κ3) is 1370. The van der Waals surface area contributed by atoms with E-state index in [0.717, 1.165) is 0 Å². The smallest absolute Gasteiger partial charge is 0.894 e. The fraction of sp³-hybridized carbons (Fsp3) is 0. The second kappa shape index (κ2) is 36.0. The fourth-order valence-electron chi connectivity index (χ4n) is 0. The Bertz CT molecular complexity index is 149. The zero-order chi connectivity index (χ0) is 18.0. The molecule has 0 bridgehead atoms. The Morgan fingerprint density at radius 2 is 0.179 bits per heavy atom. The summed E-state index contributed by atoms with van der Waals surface area (Å²) < 4.78 is 0. The van der Waals surface area contributed by atoms with Gasteiger partial charge in [-0.25, -0.2) is 0 Å². The molecule has 28 heavy (non-hydrogen) atoms. The molecule has 0 saturated heterocycles. The molecule has 28 heteroatoms. The van der Waals surface area contributed by atoms with Crippen molar-refractivity contribution >= 4 is 36.2 Å². The summed E-state index contributed by atoms with van der Waals surface area (Å²) in [5, 5.41) is 0. The van der Waals surface area contributed by atoms with E-state index in [4.69, 9.17) is 76.7 Å². The first-order valence-electron chi connectivity index (χ1n) is 3.27. The van der Waals surface area contributed by atoms with Crippen molar-refractivity contribution in [2.75, 3.05) is 0 Å². The van der Waals surface area contributed by atoms with Crippen LogP contribution in [0.15, 0.2) is 0 Å². The Morgan fingerprint density at radius 1 is 0.179 bits per heavy atom. The fourth-order valence-corrected chi connectivity index (χ4v) is 0. The van der Waals surface area contributed by atoms with Crippen molar-refractivity contribution in [3.8, 4) is 0 Å².